The Hall–Kier alpha value is -1.84. The Morgan fingerprint density at radius 1 is 1.53 bits per heavy atom. The summed E-state index contributed by atoms with van der Waals surface area (Å²) in [4.78, 5) is 11.3. The van der Waals surface area contributed by atoms with Crippen LogP contribution in [0.5, 0.6) is 0 Å². The zero-order valence-corrected chi connectivity index (χ0v) is 10.2. The van der Waals surface area contributed by atoms with Gasteiger partial charge >= 0.3 is 0 Å². The van der Waals surface area contributed by atoms with Crippen molar-refractivity contribution in [2.45, 2.75) is 26.3 Å². The maximum Gasteiger partial charge on any atom is 0.241 e. The minimum absolute atomic E-state index is 0. The van der Waals surface area contributed by atoms with Crippen LogP contribution in [0.2, 0.25) is 0 Å². The van der Waals surface area contributed by atoms with Gasteiger partial charge in [-0.3, -0.25) is 9.48 Å². The normalized spacial score (nSPS) is 10.7. The number of likely N-dealkylation sites (N-methyl/N-ethyl adjacent to an activating group) is 1. The molecule has 0 aliphatic heterocycles. The molecule has 0 spiro atoms. The van der Waals surface area contributed by atoms with Gasteiger partial charge in [0.05, 0.1) is 11.7 Å². The van der Waals surface area contributed by atoms with E-state index in [-0.39, 0.29) is 13.9 Å². The number of fused-ring (bicyclic) bond motifs is 1. The quantitative estimate of drug-likeness (QED) is 0.877. The zero-order chi connectivity index (χ0) is 12.3. The highest BCUT2D eigenvalue weighted by Gasteiger charge is 2.06. The summed E-state index contributed by atoms with van der Waals surface area (Å²) in [6.45, 7) is 2.44. The van der Waals surface area contributed by atoms with Crippen molar-refractivity contribution in [1.29, 1.82) is 0 Å². The van der Waals surface area contributed by atoms with Crippen molar-refractivity contribution in [1.82, 2.24) is 15.1 Å². The van der Waals surface area contributed by atoms with E-state index >= 15 is 0 Å². The Kier molecular flexibility index (Phi) is 3.42. The molecule has 0 saturated heterocycles. The summed E-state index contributed by atoms with van der Waals surface area (Å²) in [5.41, 5.74) is 2.33. The van der Waals surface area contributed by atoms with Gasteiger partial charge in [0.2, 0.25) is 5.91 Å². The SMILES string of the molecule is CCCc1ccc2c(cnn2CC(=O)NC)c1.[HH]. The fourth-order valence-electron chi connectivity index (χ4n) is 1.92. The molecule has 0 bridgehead atoms. The number of nitrogens with one attached hydrogen (secondary N) is 1. The maximum atomic E-state index is 11.3. The van der Waals surface area contributed by atoms with Crippen molar-refractivity contribution >= 4 is 16.8 Å². The van der Waals surface area contributed by atoms with Gasteiger partial charge in [-0.05, 0) is 24.1 Å². The van der Waals surface area contributed by atoms with Gasteiger partial charge in [-0.15, -0.1) is 0 Å². The average molecular weight is 233 g/mol. The number of aryl methyl sites for hydroxylation is 1. The van der Waals surface area contributed by atoms with Crippen LogP contribution in [0.1, 0.15) is 20.3 Å². The van der Waals surface area contributed by atoms with Crippen molar-refractivity contribution in [2.75, 3.05) is 7.05 Å². The average Bonchev–Trinajstić information content (AvgIpc) is 2.72. The van der Waals surface area contributed by atoms with Gasteiger partial charge in [0.25, 0.3) is 0 Å². The van der Waals surface area contributed by atoms with E-state index in [0.717, 1.165) is 23.7 Å². The first-order valence-corrected chi connectivity index (χ1v) is 5.89. The van der Waals surface area contributed by atoms with Crippen LogP contribution >= 0.6 is 0 Å². The van der Waals surface area contributed by atoms with E-state index < -0.39 is 0 Å². The number of aromatic nitrogens is 2. The molecule has 0 aliphatic carbocycles. The van der Waals surface area contributed by atoms with Crippen molar-refractivity contribution in [3.8, 4) is 0 Å². The topological polar surface area (TPSA) is 46.9 Å². The second-order valence-electron chi connectivity index (χ2n) is 4.12. The fraction of sp³-hybridized carbons (Fsp3) is 0.385. The molecule has 1 amide bonds. The smallest absolute Gasteiger partial charge is 0.241 e. The highest BCUT2D eigenvalue weighted by molar-refractivity contribution is 5.82. The number of benzene rings is 1. The molecule has 0 aliphatic rings. The zero-order valence-electron chi connectivity index (χ0n) is 10.2. The third kappa shape index (κ3) is 2.46. The first-order valence-electron chi connectivity index (χ1n) is 5.89. The Labute approximate surface area is 102 Å². The van der Waals surface area contributed by atoms with Crippen molar-refractivity contribution in [3.63, 3.8) is 0 Å². The molecule has 1 aromatic heterocycles. The number of amides is 1. The highest BCUT2D eigenvalue weighted by Crippen LogP contribution is 2.16. The fourth-order valence-corrected chi connectivity index (χ4v) is 1.92. The minimum atomic E-state index is -0.0346. The first kappa shape index (κ1) is 11.6. The third-order valence-electron chi connectivity index (χ3n) is 2.82. The second kappa shape index (κ2) is 4.99. The van der Waals surface area contributed by atoms with Gasteiger partial charge in [0.1, 0.15) is 6.54 Å². The summed E-state index contributed by atoms with van der Waals surface area (Å²) in [5, 5.41) is 7.94. The molecule has 17 heavy (non-hydrogen) atoms. The number of rotatable bonds is 4. The maximum absolute atomic E-state index is 11.3. The molecular weight excluding hydrogens is 214 g/mol. The number of nitrogens with zero attached hydrogens (tertiary/aromatic N) is 2. The number of carbonyl (C=O) groups excluding carboxylic acids is 1. The minimum Gasteiger partial charge on any atom is -0.358 e. The lowest BCUT2D eigenvalue weighted by Gasteiger charge is -2.03. The lowest BCUT2D eigenvalue weighted by molar-refractivity contribution is -0.121. The molecule has 4 nitrogen and oxygen atoms in total. The highest BCUT2D eigenvalue weighted by atomic mass is 16.1. The molecule has 4 heteroatoms. The van der Waals surface area contributed by atoms with Crippen molar-refractivity contribution in [3.05, 3.63) is 30.0 Å². The summed E-state index contributed by atoms with van der Waals surface area (Å²) in [6.07, 6.45) is 4.03. The summed E-state index contributed by atoms with van der Waals surface area (Å²) in [5.74, 6) is -0.0346. The summed E-state index contributed by atoms with van der Waals surface area (Å²) < 4.78 is 1.73. The van der Waals surface area contributed by atoms with Gasteiger partial charge in [-0.25, -0.2) is 0 Å². The lowest BCUT2D eigenvalue weighted by Crippen LogP contribution is -2.23. The van der Waals surface area contributed by atoms with E-state index in [1.807, 2.05) is 12.3 Å². The van der Waals surface area contributed by atoms with E-state index in [2.05, 4.69) is 29.5 Å². The standard InChI is InChI=1S/C13H17N3O.H2/c1-3-4-10-5-6-12-11(7-10)8-15-16(12)9-13(17)14-2;/h5-8H,3-4,9H2,1-2H3,(H,14,17);1H. The van der Waals surface area contributed by atoms with Crippen LogP contribution < -0.4 is 5.32 Å². The van der Waals surface area contributed by atoms with E-state index in [1.165, 1.54) is 5.56 Å². The molecule has 0 saturated carbocycles. The van der Waals surface area contributed by atoms with Crippen LogP contribution in [0.4, 0.5) is 0 Å². The van der Waals surface area contributed by atoms with E-state index in [4.69, 9.17) is 0 Å². The van der Waals surface area contributed by atoms with Crippen LogP contribution in [0.15, 0.2) is 24.4 Å². The third-order valence-corrected chi connectivity index (χ3v) is 2.82. The first-order chi connectivity index (χ1) is 8.24. The van der Waals surface area contributed by atoms with Gasteiger partial charge in [-0.1, -0.05) is 19.4 Å². The molecular formula is C13H19N3O. The van der Waals surface area contributed by atoms with E-state index in [9.17, 15) is 4.79 Å². The van der Waals surface area contributed by atoms with Crippen LogP contribution in [-0.2, 0) is 17.8 Å². The van der Waals surface area contributed by atoms with Crippen molar-refractivity contribution in [2.24, 2.45) is 0 Å². The summed E-state index contributed by atoms with van der Waals surface area (Å²) in [7, 11) is 1.63. The molecule has 1 N–H and O–H groups in total. The van der Waals surface area contributed by atoms with Gasteiger partial charge < -0.3 is 5.32 Å². The molecule has 0 atom stereocenters. The number of hydrogen-bond donors (Lipinski definition) is 1. The Bertz CT molecular complexity index is 536. The molecule has 0 radical (unpaired) electrons. The molecule has 2 aromatic rings. The Morgan fingerprint density at radius 2 is 2.35 bits per heavy atom. The molecule has 1 heterocycles. The van der Waals surface area contributed by atoms with E-state index in [1.54, 1.807) is 11.7 Å². The van der Waals surface area contributed by atoms with Crippen LogP contribution in [0.25, 0.3) is 10.9 Å². The van der Waals surface area contributed by atoms with E-state index in [0.29, 0.717) is 0 Å². The van der Waals surface area contributed by atoms with Gasteiger partial charge in [0.15, 0.2) is 0 Å². The van der Waals surface area contributed by atoms with Crippen LogP contribution in [0.3, 0.4) is 0 Å². The number of carbonyl (C=O) groups is 1. The molecule has 2 rings (SSSR count). The Balaban J connectivity index is 0.00000162. The predicted molar refractivity (Wildman–Crippen MR) is 69.9 cm³/mol. The number of hydrogen-bond acceptors (Lipinski definition) is 2. The second-order valence-corrected chi connectivity index (χ2v) is 4.12. The molecule has 1 aromatic carbocycles. The molecule has 92 valence electrons. The van der Waals surface area contributed by atoms with Crippen LogP contribution in [0, 0.1) is 0 Å². The summed E-state index contributed by atoms with van der Waals surface area (Å²) >= 11 is 0. The largest absolute Gasteiger partial charge is 0.358 e. The lowest BCUT2D eigenvalue weighted by atomic mass is 10.1. The van der Waals surface area contributed by atoms with Crippen molar-refractivity contribution < 1.29 is 6.22 Å². The Morgan fingerprint density at radius 3 is 3.06 bits per heavy atom. The predicted octanol–water partition coefficient (Wildman–Crippen LogP) is 1.98. The van der Waals surface area contributed by atoms with Gasteiger partial charge in [0, 0.05) is 13.9 Å². The molecule has 0 fully saturated rings. The molecule has 0 unspecified atom stereocenters. The van der Waals surface area contributed by atoms with Gasteiger partial charge in [-0.2, -0.15) is 5.10 Å². The summed E-state index contributed by atoms with van der Waals surface area (Å²) in [6, 6.07) is 6.29. The van der Waals surface area contributed by atoms with Crippen LogP contribution in [-0.4, -0.2) is 22.7 Å². The monoisotopic (exact) mass is 233 g/mol.